The van der Waals surface area contributed by atoms with Crippen molar-refractivity contribution in [2.24, 2.45) is 4.99 Å². The third-order valence-electron chi connectivity index (χ3n) is 3.44. The van der Waals surface area contributed by atoms with Gasteiger partial charge in [-0.25, -0.2) is 8.42 Å². The Hall–Kier alpha value is -1.21. The second-order valence-electron chi connectivity index (χ2n) is 4.64. The van der Waals surface area contributed by atoms with Gasteiger partial charge in [0, 0.05) is 18.8 Å². The number of fused-ring (bicyclic) bond motifs is 1. The van der Waals surface area contributed by atoms with E-state index < -0.39 is 16.1 Å². The summed E-state index contributed by atoms with van der Waals surface area (Å²) in [6.07, 6.45) is 2.00. The largest absolute Gasteiger partial charge is 0.331 e. The van der Waals surface area contributed by atoms with Crippen LogP contribution in [0.15, 0.2) is 16.3 Å². The van der Waals surface area contributed by atoms with E-state index in [0.717, 1.165) is 23.4 Å². The van der Waals surface area contributed by atoms with E-state index in [1.54, 1.807) is 0 Å². The van der Waals surface area contributed by atoms with E-state index in [4.69, 9.17) is 0 Å². The molecule has 0 aromatic rings. The lowest BCUT2D eigenvalue weighted by atomic mass is 10.0. The molecule has 2 rings (SSSR count). The van der Waals surface area contributed by atoms with Crippen molar-refractivity contribution in [1.29, 1.82) is 0 Å². The predicted molar refractivity (Wildman–Crippen MR) is 68.8 cm³/mol. The first-order valence-electron chi connectivity index (χ1n) is 5.76. The molecule has 0 saturated carbocycles. The number of amidine groups is 1. The van der Waals surface area contributed by atoms with Crippen LogP contribution < -0.4 is 0 Å². The summed E-state index contributed by atoms with van der Waals surface area (Å²) in [5, 5.41) is 0. The van der Waals surface area contributed by atoms with Gasteiger partial charge in [-0.2, -0.15) is 4.31 Å². The zero-order valence-electron chi connectivity index (χ0n) is 10.8. The first-order chi connectivity index (χ1) is 8.34. The number of hydrogen-bond donors (Lipinski definition) is 0. The van der Waals surface area contributed by atoms with Gasteiger partial charge in [-0.3, -0.25) is 4.99 Å². The van der Waals surface area contributed by atoms with Crippen LogP contribution in [0.25, 0.3) is 0 Å². The van der Waals surface area contributed by atoms with Crippen LogP contribution >= 0.6 is 0 Å². The third kappa shape index (κ3) is 2.20. The maximum Gasteiger partial charge on any atom is 0.211 e. The van der Waals surface area contributed by atoms with Gasteiger partial charge in [0.25, 0.3) is 0 Å². The number of aliphatic imine (C=N–C) groups is 1. The third-order valence-corrected chi connectivity index (χ3v) is 4.69. The Morgan fingerprint density at radius 3 is 2.56 bits per heavy atom. The van der Waals surface area contributed by atoms with Crippen LogP contribution in [0.2, 0.25) is 0 Å². The minimum Gasteiger partial charge on any atom is -0.331 e. The predicted octanol–water partition coefficient (Wildman–Crippen LogP) is -0.163. The Morgan fingerprint density at radius 1 is 1.33 bits per heavy atom. The number of hydrogen-bond acceptors (Lipinski definition) is 5. The van der Waals surface area contributed by atoms with E-state index in [-0.39, 0.29) is 0 Å². The van der Waals surface area contributed by atoms with E-state index >= 15 is 0 Å². The van der Waals surface area contributed by atoms with Crippen LogP contribution in [-0.2, 0) is 14.8 Å². The zero-order valence-corrected chi connectivity index (χ0v) is 11.6. The monoisotopic (exact) mass is 271 g/mol. The number of rotatable bonds is 2. The maximum atomic E-state index is 11.6. The van der Waals surface area contributed by atoms with Gasteiger partial charge in [0.05, 0.1) is 12.8 Å². The van der Waals surface area contributed by atoms with E-state index in [2.05, 4.69) is 4.99 Å². The summed E-state index contributed by atoms with van der Waals surface area (Å²) < 4.78 is 24.6. The van der Waals surface area contributed by atoms with E-state index in [0.29, 0.717) is 19.6 Å². The quantitative estimate of drug-likeness (QED) is 0.654. The molecule has 18 heavy (non-hydrogen) atoms. The minimum atomic E-state index is -3.20. The highest BCUT2D eigenvalue weighted by Gasteiger charge is 2.33. The summed E-state index contributed by atoms with van der Waals surface area (Å²) >= 11 is 0. The number of piperazine rings is 1. The van der Waals surface area contributed by atoms with Crippen LogP contribution in [0.5, 0.6) is 0 Å². The Kier molecular flexibility index (Phi) is 3.29. The Morgan fingerprint density at radius 2 is 2.00 bits per heavy atom. The van der Waals surface area contributed by atoms with Gasteiger partial charge in [0.1, 0.15) is 18.2 Å². The molecule has 0 aliphatic carbocycles. The fourth-order valence-electron chi connectivity index (χ4n) is 2.33. The summed E-state index contributed by atoms with van der Waals surface area (Å²) in [7, 11) is -3.20. The van der Waals surface area contributed by atoms with Crippen molar-refractivity contribution in [3.63, 3.8) is 0 Å². The molecule has 2 heterocycles. The lowest BCUT2D eigenvalue weighted by Crippen LogP contribution is -2.50. The second-order valence-corrected chi connectivity index (χ2v) is 6.62. The molecule has 0 bridgehead atoms. The molecule has 2 aliphatic heterocycles. The standard InChI is InChI=1S/C11H17N3O3S/c1-8-10(7-15)12-9(2)14-5-4-13(6-11(8)14)18(3,16)17/h7,10H,4-6H2,1-3H3/t10-/m0/s1. The average molecular weight is 271 g/mol. The summed E-state index contributed by atoms with van der Waals surface area (Å²) in [5.41, 5.74) is 1.72. The first kappa shape index (κ1) is 13.2. The van der Waals surface area contributed by atoms with Crippen molar-refractivity contribution in [3.05, 3.63) is 11.3 Å². The molecular formula is C11H17N3O3S. The van der Waals surface area contributed by atoms with Crippen LogP contribution in [-0.4, -0.2) is 61.7 Å². The van der Waals surface area contributed by atoms with Crippen molar-refractivity contribution >= 4 is 22.1 Å². The van der Waals surface area contributed by atoms with Crippen molar-refractivity contribution in [1.82, 2.24) is 9.21 Å². The van der Waals surface area contributed by atoms with Crippen LogP contribution in [0.3, 0.4) is 0 Å². The lowest BCUT2D eigenvalue weighted by molar-refractivity contribution is -0.108. The molecule has 1 fully saturated rings. The molecule has 7 heteroatoms. The fraction of sp³-hybridized carbons (Fsp3) is 0.636. The van der Waals surface area contributed by atoms with E-state index in [1.807, 2.05) is 18.7 Å². The summed E-state index contributed by atoms with van der Waals surface area (Å²) in [6, 6.07) is -0.476. The van der Waals surface area contributed by atoms with Gasteiger partial charge in [0.2, 0.25) is 10.0 Å². The van der Waals surface area contributed by atoms with Gasteiger partial charge in [-0.05, 0) is 19.4 Å². The number of sulfonamides is 1. The summed E-state index contributed by atoms with van der Waals surface area (Å²) in [6.45, 7) is 5.04. The maximum absolute atomic E-state index is 11.6. The van der Waals surface area contributed by atoms with Gasteiger partial charge in [-0.15, -0.1) is 0 Å². The molecule has 0 spiro atoms. The number of nitrogens with zero attached hydrogens (tertiary/aromatic N) is 3. The van der Waals surface area contributed by atoms with Gasteiger partial charge >= 0.3 is 0 Å². The first-order valence-corrected chi connectivity index (χ1v) is 7.61. The van der Waals surface area contributed by atoms with Crippen molar-refractivity contribution in [2.45, 2.75) is 19.9 Å². The highest BCUT2D eigenvalue weighted by molar-refractivity contribution is 7.88. The molecule has 6 nitrogen and oxygen atoms in total. The number of carbonyl (C=O) groups is 1. The molecule has 0 radical (unpaired) electrons. The van der Waals surface area contributed by atoms with E-state index in [9.17, 15) is 13.2 Å². The highest BCUT2D eigenvalue weighted by atomic mass is 32.2. The van der Waals surface area contributed by atoms with Crippen molar-refractivity contribution < 1.29 is 13.2 Å². The molecule has 0 aromatic heterocycles. The molecular weight excluding hydrogens is 254 g/mol. The molecule has 0 N–H and O–H groups in total. The summed E-state index contributed by atoms with van der Waals surface area (Å²) in [5.74, 6) is 0.779. The molecule has 2 aliphatic rings. The molecule has 1 atom stereocenters. The van der Waals surface area contributed by atoms with Crippen molar-refractivity contribution in [2.75, 3.05) is 25.9 Å². The molecule has 100 valence electrons. The van der Waals surface area contributed by atoms with Gasteiger partial charge < -0.3 is 9.69 Å². The highest BCUT2D eigenvalue weighted by Crippen LogP contribution is 2.26. The Bertz CT molecular complexity index is 536. The molecule has 0 aromatic carbocycles. The summed E-state index contributed by atoms with van der Waals surface area (Å²) in [4.78, 5) is 17.3. The topological polar surface area (TPSA) is 70.0 Å². The van der Waals surface area contributed by atoms with Gasteiger partial charge in [-0.1, -0.05) is 0 Å². The smallest absolute Gasteiger partial charge is 0.211 e. The van der Waals surface area contributed by atoms with Crippen LogP contribution in [0.1, 0.15) is 13.8 Å². The fourth-order valence-corrected chi connectivity index (χ4v) is 3.10. The number of aldehydes is 1. The van der Waals surface area contributed by atoms with Crippen molar-refractivity contribution in [3.8, 4) is 0 Å². The molecule has 0 amide bonds. The SMILES string of the molecule is CC1=N[C@@H](C=O)C(C)=C2CN(S(C)(=O)=O)CCN12. The minimum absolute atomic E-state index is 0.321. The normalized spacial score (nSPS) is 25.8. The second kappa shape index (κ2) is 4.47. The van der Waals surface area contributed by atoms with Crippen LogP contribution in [0.4, 0.5) is 0 Å². The number of carbonyl (C=O) groups excluding carboxylic acids is 1. The Balaban J connectivity index is 2.36. The van der Waals surface area contributed by atoms with Gasteiger partial charge in [0.15, 0.2) is 0 Å². The zero-order chi connectivity index (χ0) is 13.5. The lowest BCUT2D eigenvalue weighted by Gasteiger charge is -2.40. The molecule has 1 saturated heterocycles. The van der Waals surface area contributed by atoms with E-state index in [1.165, 1.54) is 10.6 Å². The average Bonchev–Trinajstić information content (AvgIpc) is 2.32. The molecule has 0 unspecified atom stereocenters. The van der Waals surface area contributed by atoms with Crippen LogP contribution in [0, 0.1) is 0 Å². The Labute approximate surface area is 107 Å².